The number of aromatic nitrogens is 1. The zero-order chi connectivity index (χ0) is 25.9. The van der Waals surface area contributed by atoms with E-state index in [4.69, 9.17) is 16.6 Å². The highest BCUT2D eigenvalue weighted by molar-refractivity contribution is 9.10. The van der Waals surface area contributed by atoms with Gasteiger partial charge < -0.3 is 20.0 Å². The van der Waals surface area contributed by atoms with Gasteiger partial charge >= 0.3 is 0 Å². The van der Waals surface area contributed by atoms with E-state index in [-0.39, 0.29) is 30.2 Å². The molecule has 37 heavy (non-hydrogen) atoms. The lowest BCUT2D eigenvalue weighted by Gasteiger charge is -2.25. The van der Waals surface area contributed by atoms with Crippen molar-refractivity contribution in [3.63, 3.8) is 0 Å². The molecular formula is C28H24BrFN4O2S. The Kier molecular flexibility index (Phi) is 7.34. The van der Waals surface area contributed by atoms with Crippen LogP contribution >= 0.6 is 28.1 Å². The molecule has 1 amide bonds. The SMILES string of the molecule is Cc1ccc(NC(=O)CCN2C(=S)N[C@H](c3ccccn3)[C@H]2c2ccc(-c3ccc(Br)cc3F)o2)cc1. The topological polar surface area (TPSA) is 70.4 Å². The molecular weight excluding hydrogens is 555 g/mol. The van der Waals surface area contributed by atoms with E-state index in [1.54, 1.807) is 24.4 Å². The molecule has 4 aromatic rings. The van der Waals surface area contributed by atoms with Gasteiger partial charge in [0.1, 0.15) is 23.4 Å². The molecule has 0 saturated carbocycles. The summed E-state index contributed by atoms with van der Waals surface area (Å²) in [5.41, 5.74) is 3.01. The van der Waals surface area contributed by atoms with E-state index >= 15 is 0 Å². The number of hydrogen-bond acceptors (Lipinski definition) is 4. The largest absolute Gasteiger partial charge is 0.459 e. The van der Waals surface area contributed by atoms with Gasteiger partial charge in [0.15, 0.2) is 5.11 Å². The average Bonchev–Trinajstić information content (AvgIpc) is 3.49. The van der Waals surface area contributed by atoms with Crippen molar-refractivity contribution < 1.29 is 13.6 Å². The van der Waals surface area contributed by atoms with Crippen molar-refractivity contribution in [1.82, 2.24) is 15.2 Å². The molecule has 2 aromatic carbocycles. The maximum Gasteiger partial charge on any atom is 0.226 e. The predicted molar refractivity (Wildman–Crippen MR) is 148 cm³/mol. The number of aryl methyl sites for hydroxylation is 1. The summed E-state index contributed by atoms with van der Waals surface area (Å²) in [4.78, 5) is 19.2. The Labute approximate surface area is 228 Å². The number of amides is 1. The molecule has 0 radical (unpaired) electrons. The van der Waals surface area contributed by atoms with Crippen LogP contribution in [0.2, 0.25) is 0 Å². The first kappa shape index (κ1) is 25.1. The minimum absolute atomic E-state index is 0.122. The van der Waals surface area contributed by atoms with Gasteiger partial charge in [-0.15, -0.1) is 0 Å². The molecule has 2 N–H and O–H groups in total. The van der Waals surface area contributed by atoms with Crippen LogP contribution in [0.25, 0.3) is 11.3 Å². The summed E-state index contributed by atoms with van der Waals surface area (Å²) in [5.74, 6) is 0.499. The maximum atomic E-state index is 14.6. The first-order valence-electron chi connectivity index (χ1n) is 11.8. The van der Waals surface area contributed by atoms with Crippen molar-refractivity contribution in [2.75, 3.05) is 11.9 Å². The Balaban J connectivity index is 1.40. The number of furan rings is 1. The summed E-state index contributed by atoms with van der Waals surface area (Å²) in [6.45, 7) is 2.36. The van der Waals surface area contributed by atoms with Gasteiger partial charge in [-0.2, -0.15) is 0 Å². The third kappa shape index (κ3) is 5.57. The van der Waals surface area contributed by atoms with Gasteiger partial charge in [0.2, 0.25) is 5.91 Å². The van der Waals surface area contributed by atoms with Crippen LogP contribution in [0.3, 0.4) is 0 Å². The fraction of sp³-hybridized carbons (Fsp3) is 0.179. The first-order chi connectivity index (χ1) is 17.9. The second kappa shape index (κ2) is 10.8. The van der Waals surface area contributed by atoms with Crippen LogP contribution in [0.5, 0.6) is 0 Å². The van der Waals surface area contributed by atoms with Crippen LogP contribution in [0, 0.1) is 12.7 Å². The van der Waals surface area contributed by atoms with Gasteiger partial charge in [0, 0.05) is 29.3 Å². The molecule has 1 saturated heterocycles. The van der Waals surface area contributed by atoms with Gasteiger partial charge in [-0.3, -0.25) is 9.78 Å². The fourth-order valence-corrected chi connectivity index (χ4v) is 5.05. The molecule has 0 aliphatic carbocycles. The second-order valence-corrected chi connectivity index (χ2v) is 10.1. The lowest BCUT2D eigenvalue weighted by atomic mass is 10.0. The summed E-state index contributed by atoms with van der Waals surface area (Å²) in [7, 11) is 0. The third-order valence-electron chi connectivity index (χ3n) is 6.23. The summed E-state index contributed by atoms with van der Waals surface area (Å²) < 4.78 is 21.5. The third-order valence-corrected chi connectivity index (χ3v) is 7.07. The van der Waals surface area contributed by atoms with Crippen LogP contribution in [0.1, 0.15) is 35.5 Å². The highest BCUT2D eigenvalue weighted by Gasteiger charge is 2.41. The second-order valence-electron chi connectivity index (χ2n) is 8.81. The zero-order valence-electron chi connectivity index (χ0n) is 19.9. The lowest BCUT2D eigenvalue weighted by molar-refractivity contribution is -0.116. The predicted octanol–water partition coefficient (Wildman–Crippen LogP) is 6.55. The molecule has 0 unspecified atom stereocenters. The minimum atomic E-state index is -0.388. The Hall–Kier alpha value is -3.56. The fourth-order valence-electron chi connectivity index (χ4n) is 4.38. The Morgan fingerprint density at radius 1 is 1.16 bits per heavy atom. The Morgan fingerprint density at radius 2 is 1.97 bits per heavy atom. The average molecular weight is 579 g/mol. The number of pyridine rings is 1. The standard InChI is InChI=1S/C28H24BrFN4O2S/c1-17-5-8-19(9-6-17)32-25(35)13-15-34-27(26(33-28(34)37)22-4-2-3-14-31-22)24-12-11-23(36-24)20-10-7-18(29)16-21(20)30/h2-12,14,16,26-27H,13,15H2,1H3,(H,32,35)(H,33,37)/t26-,27-/m1/s1. The number of benzene rings is 2. The Morgan fingerprint density at radius 3 is 2.70 bits per heavy atom. The summed E-state index contributed by atoms with van der Waals surface area (Å²) in [6, 6.07) is 21.1. The molecule has 2 atom stereocenters. The van der Waals surface area contributed by atoms with E-state index < -0.39 is 0 Å². The van der Waals surface area contributed by atoms with Crippen molar-refractivity contribution in [3.05, 3.63) is 106 Å². The van der Waals surface area contributed by atoms with E-state index in [2.05, 4.69) is 31.5 Å². The van der Waals surface area contributed by atoms with E-state index in [0.717, 1.165) is 16.9 Å². The number of anilines is 1. The van der Waals surface area contributed by atoms with E-state index in [1.165, 1.54) is 6.07 Å². The number of nitrogens with zero attached hydrogens (tertiary/aromatic N) is 2. The van der Waals surface area contributed by atoms with Gasteiger partial charge in [-0.25, -0.2) is 4.39 Å². The van der Waals surface area contributed by atoms with Crippen LogP contribution in [-0.2, 0) is 4.79 Å². The van der Waals surface area contributed by atoms with Crippen LogP contribution in [0.4, 0.5) is 10.1 Å². The lowest BCUT2D eigenvalue weighted by Crippen LogP contribution is -2.32. The van der Waals surface area contributed by atoms with E-state index in [1.807, 2.05) is 60.4 Å². The molecule has 6 nitrogen and oxygen atoms in total. The molecule has 1 aliphatic heterocycles. The number of thiocarbonyl (C=S) groups is 1. The van der Waals surface area contributed by atoms with Crippen molar-refractivity contribution in [1.29, 1.82) is 0 Å². The highest BCUT2D eigenvalue weighted by atomic mass is 79.9. The molecule has 5 rings (SSSR count). The summed E-state index contributed by atoms with van der Waals surface area (Å²) in [6.07, 6.45) is 1.94. The quantitative estimate of drug-likeness (QED) is 0.242. The highest BCUT2D eigenvalue weighted by Crippen LogP contribution is 2.41. The smallest absolute Gasteiger partial charge is 0.226 e. The molecule has 1 fully saturated rings. The molecule has 2 aromatic heterocycles. The summed E-state index contributed by atoms with van der Waals surface area (Å²) >= 11 is 8.96. The molecule has 188 valence electrons. The van der Waals surface area contributed by atoms with Crippen molar-refractivity contribution in [2.24, 2.45) is 0 Å². The summed E-state index contributed by atoms with van der Waals surface area (Å²) in [5, 5.41) is 6.77. The van der Waals surface area contributed by atoms with E-state index in [0.29, 0.717) is 33.2 Å². The number of carbonyl (C=O) groups is 1. The normalized spacial score (nSPS) is 17.1. The molecule has 1 aliphatic rings. The minimum Gasteiger partial charge on any atom is -0.459 e. The van der Waals surface area contributed by atoms with Crippen molar-refractivity contribution in [3.8, 4) is 11.3 Å². The van der Waals surface area contributed by atoms with Gasteiger partial charge in [0.25, 0.3) is 0 Å². The van der Waals surface area contributed by atoms with Gasteiger partial charge in [-0.05, 0) is 73.7 Å². The van der Waals surface area contributed by atoms with Crippen LogP contribution in [0.15, 0.2) is 87.9 Å². The molecule has 0 spiro atoms. The number of rotatable bonds is 7. The zero-order valence-corrected chi connectivity index (χ0v) is 22.4. The Bertz CT molecular complexity index is 1430. The van der Waals surface area contributed by atoms with Crippen LogP contribution < -0.4 is 10.6 Å². The number of halogens is 2. The monoisotopic (exact) mass is 578 g/mol. The van der Waals surface area contributed by atoms with Crippen molar-refractivity contribution in [2.45, 2.75) is 25.4 Å². The molecule has 0 bridgehead atoms. The molecule has 3 heterocycles. The molecule has 9 heteroatoms. The van der Waals surface area contributed by atoms with Gasteiger partial charge in [0.05, 0.1) is 17.3 Å². The van der Waals surface area contributed by atoms with Crippen molar-refractivity contribution >= 4 is 44.9 Å². The number of hydrogen-bond donors (Lipinski definition) is 2. The number of carbonyl (C=O) groups excluding carboxylic acids is 1. The van der Waals surface area contributed by atoms with E-state index in [9.17, 15) is 9.18 Å². The first-order valence-corrected chi connectivity index (χ1v) is 13.0. The maximum absolute atomic E-state index is 14.6. The van der Waals surface area contributed by atoms with Crippen LogP contribution in [-0.4, -0.2) is 27.4 Å². The van der Waals surface area contributed by atoms with Gasteiger partial charge in [-0.1, -0.05) is 39.7 Å². The number of nitrogens with one attached hydrogen (secondary N) is 2.